The van der Waals surface area contributed by atoms with Crippen molar-refractivity contribution < 1.29 is 23.8 Å². The molecule has 2 aromatic carbocycles. The summed E-state index contributed by atoms with van der Waals surface area (Å²) in [6, 6.07) is 15.7. The number of aromatic nitrogens is 4. The number of imidazole rings is 1. The molecule has 1 fully saturated rings. The summed E-state index contributed by atoms with van der Waals surface area (Å²) in [4.78, 5) is 44.7. The third kappa shape index (κ3) is 7.40. The first-order valence-corrected chi connectivity index (χ1v) is 15.8. The molecule has 246 valence electrons. The van der Waals surface area contributed by atoms with E-state index in [1.54, 1.807) is 59.6 Å². The Labute approximate surface area is 273 Å². The molecule has 3 atom stereocenters. The van der Waals surface area contributed by atoms with Crippen molar-refractivity contribution in [3.8, 4) is 23.2 Å². The van der Waals surface area contributed by atoms with Crippen molar-refractivity contribution in [2.24, 2.45) is 0 Å². The fourth-order valence-electron chi connectivity index (χ4n) is 5.67. The topological polar surface area (TPSA) is 136 Å². The van der Waals surface area contributed by atoms with Crippen molar-refractivity contribution in [2.45, 2.75) is 51.3 Å². The molecule has 3 amide bonds. The Morgan fingerprint density at radius 1 is 1.04 bits per heavy atom. The van der Waals surface area contributed by atoms with Gasteiger partial charge in [0.2, 0.25) is 11.9 Å². The zero-order chi connectivity index (χ0) is 32.9. The van der Waals surface area contributed by atoms with E-state index in [-0.39, 0.29) is 42.5 Å². The lowest BCUT2D eigenvalue weighted by atomic mass is 10.1. The summed E-state index contributed by atoms with van der Waals surface area (Å²) in [6.45, 7) is 7.59. The number of carbonyl (C=O) groups excluding carboxylic acids is 2. The fourth-order valence-corrected chi connectivity index (χ4v) is 5.67. The number of rotatable bonds is 9. The molecule has 13 heteroatoms. The van der Waals surface area contributed by atoms with Gasteiger partial charge in [-0.3, -0.25) is 9.36 Å². The highest BCUT2D eigenvalue weighted by molar-refractivity contribution is 5.89. The number of nitrogens with zero attached hydrogens (tertiary/aromatic N) is 6. The average Bonchev–Trinajstić information content (AvgIpc) is 3.63. The molecule has 1 saturated heterocycles. The monoisotopic (exact) mass is 640 g/mol. The Kier molecular flexibility index (Phi) is 9.41. The van der Waals surface area contributed by atoms with Gasteiger partial charge in [0, 0.05) is 50.2 Å². The van der Waals surface area contributed by atoms with Gasteiger partial charge in [0.25, 0.3) is 0 Å². The highest BCUT2D eigenvalue weighted by Crippen LogP contribution is 2.32. The maximum atomic E-state index is 13.6. The summed E-state index contributed by atoms with van der Waals surface area (Å²) in [6.07, 6.45) is 4.91. The average molecular weight is 641 g/mol. The third-order valence-electron chi connectivity index (χ3n) is 8.35. The van der Waals surface area contributed by atoms with Crippen LogP contribution in [0.4, 0.5) is 16.3 Å². The molecule has 2 aliphatic rings. The number of benzene rings is 2. The standard InChI is InChI=1S/C34H40N8O5/c1-22(2)27-18-31(39-33(38-27)41-14-13-35-21-41)42-16-15-40(34(44)37-24-9-11-26(45-4)12-10-24)19-25(42)17-32(43)36-23(3)30-20-46-28-7-5-6-8-29(28)47-30/h5-14,18,21-23,25,30H,15-17,19-20H2,1-4H3,(H,36,43)(H,37,44). The van der Waals surface area contributed by atoms with Crippen LogP contribution in [0.3, 0.4) is 0 Å². The molecule has 0 aliphatic carbocycles. The molecule has 13 nitrogen and oxygen atoms in total. The molecule has 6 rings (SSSR count). The first kappa shape index (κ1) is 31.6. The van der Waals surface area contributed by atoms with Crippen LogP contribution in [0, 0.1) is 0 Å². The van der Waals surface area contributed by atoms with Crippen LogP contribution in [0.5, 0.6) is 17.2 Å². The molecular weight excluding hydrogens is 600 g/mol. The van der Waals surface area contributed by atoms with E-state index >= 15 is 0 Å². The molecule has 2 N–H and O–H groups in total. The summed E-state index contributed by atoms with van der Waals surface area (Å²) < 4.78 is 19.0. The van der Waals surface area contributed by atoms with Crippen molar-refractivity contribution in [3.63, 3.8) is 0 Å². The summed E-state index contributed by atoms with van der Waals surface area (Å²) in [5, 5.41) is 6.08. The zero-order valence-corrected chi connectivity index (χ0v) is 27.0. The Balaban J connectivity index is 1.21. The van der Waals surface area contributed by atoms with E-state index in [0.717, 1.165) is 5.69 Å². The molecule has 0 radical (unpaired) electrons. The summed E-state index contributed by atoms with van der Waals surface area (Å²) >= 11 is 0. The molecular formula is C34H40N8O5. The predicted molar refractivity (Wildman–Crippen MR) is 177 cm³/mol. The van der Waals surface area contributed by atoms with Gasteiger partial charge in [-0.05, 0) is 49.2 Å². The SMILES string of the molecule is COc1ccc(NC(=O)N2CCN(c3cc(C(C)C)nc(-n4ccnc4)n3)C(CC(=O)NC(C)C3COc4ccccc4O3)C2)cc1. The number of hydrogen-bond donors (Lipinski definition) is 2. The van der Waals surface area contributed by atoms with Crippen molar-refractivity contribution in [1.29, 1.82) is 0 Å². The smallest absolute Gasteiger partial charge is 0.321 e. The van der Waals surface area contributed by atoms with Gasteiger partial charge in [-0.1, -0.05) is 26.0 Å². The number of ether oxygens (including phenoxy) is 3. The second-order valence-corrected chi connectivity index (χ2v) is 12.0. The second kappa shape index (κ2) is 14.0. The summed E-state index contributed by atoms with van der Waals surface area (Å²) in [5.74, 6) is 3.20. The number of urea groups is 1. The quantitative estimate of drug-likeness (QED) is 0.275. The first-order chi connectivity index (χ1) is 22.8. The summed E-state index contributed by atoms with van der Waals surface area (Å²) in [7, 11) is 1.60. The molecule has 47 heavy (non-hydrogen) atoms. The third-order valence-corrected chi connectivity index (χ3v) is 8.35. The molecule has 4 heterocycles. The molecule has 2 aliphatic heterocycles. The van der Waals surface area contributed by atoms with E-state index in [4.69, 9.17) is 24.2 Å². The maximum Gasteiger partial charge on any atom is 0.321 e. The molecule has 0 bridgehead atoms. The van der Waals surface area contributed by atoms with Crippen molar-refractivity contribution in [2.75, 3.05) is 43.6 Å². The highest BCUT2D eigenvalue weighted by Gasteiger charge is 2.34. The number of piperazine rings is 1. The number of amides is 3. The van der Waals surface area contributed by atoms with E-state index in [0.29, 0.717) is 60.9 Å². The van der Waals surface area contributed by atoms with Gasteiger partial charge >= 0.3 is 6.03 Å². The number of carbonyl (C=O) groups is 2. The lowest BCUT2D eigenvalue weighted by Gasteiger charge is -2.42. The molecule has 2 aromatic heterocycles. The van der Waals surface area contributed by atoms with Gasteiger partial charge in [-0.2, -0.15) is 4.98 Å². The number of para-hydroxylation sites is 2. The fraction of sp³-hybridized carbons (Fsp3) is 0.382. The largest absolute Gasteiger partial charge is 0.497 e. The minimum Gasteiger partial charge on any atom is -0.497 e. The number of anilines is 2. The Hall–Kier alpha value is -5.33. The molecule has 3 unspecified atom stereocenters. The van der Waals surface area contributed by atoms with Crippen LogP contribution >= 0.6 is 0 Å². The highest BCUT2D eigenvalue weighted by atomic mass is 16.6. The Bertz CT molecular complexity index is 1680. The van der Waals surface area contributed by atoms with Crippen LogP contribution in [-0.2, 0) is 4.79 Å². The normalized spacial score (nSPS) is 18.1. The number of nitrogens with one attached hydrogen (secondary N) is 2. The molecule has 0 spiro atoms. The van der Waals surface area contributed by atoms with Gasteiger partial charge < -0.3 is 34.6 Å². The zero-order valence-electron chi connectivity index (χ0n) is 27.0. The molecule has 4 aromatic rings. The van der Waals surface area contributed by atoms with E-state index in [9.17, 15) is 9.59 Å². The van der Waals surface area contributed by atoms with E-state index in [2.05, 4.69) is 34.4 Å². The predicted octanol–water partition coefficient (Wildman–Crippen LogP) is 4.25. The van der Waals surface area contributed by atoms with Crippen LogP contribution in [0.15, 0.2) is 73.3 Å². The van der Waals surface area contributed by atoms with Gasteiger partial charge in [0.15, 0.2) is 17.6 Å². The minimum absolute atomic E-state index is 0.127. The van der Waals surface area contributed by atoms with Crippen molar-refractivity contribution >= 4 is 23.4 Å². The van der Waals surface area contributed by atoms with Gasteiger partial charge in [-0.15, -0.1) is 0 Å². The van der Waals surface area contributed by atoms with Crippen molar-refractivity contribution in [1.82, 2.24) is 29.7 Å². The number of fused-ring (bicyclic) bond motifs is 1. The number of methoxy groups -OCH3 is 1. The van der Waals surface area contributed by atoms with Crippen molar-refractivity contribution in [3.05, 3.63) is 79.0 Å². The lowest BCUT2D eigenvalue weighted by molar-refractivity contribution is -0.123. The summed E-state index contributed by atoms with van der Waals surface area (Å²) in [5.41, 5.74) is 1.52. The van der Waals surface area contributed by atoms with Crippen LogP contribution in [0.25, 0.3) is 5.95 Å². The first-order valence-electron chi connectivity index (χ1n) is 15.8. The van der Waals surface area contributed by atoms with Crippen LogP contribution in [-0.4, -0.2) is 87.9 Å². The minimum atomic E-state index is -0.368. The van der Waals surface area contributed by atoms with E-state index in [1.807, 2.05) is 37.3 Å². The van der Waals surface area contributed by atoms with Gasteiger partial charge in [0.1, 0.15) is 24.5 Å². The Morgan fingerprint density at radius 3 is 2.55 bits per heavy atom. The van der Waals surface area contributed by atoms with Crippen LogP contribution in [0.2, 0.25) is 0 Å². The van der Waals surface area contributed by atoms with E-state index < -0.39 is 0 Å². The van der Waals surface area contributed by atoms with Crippen LogP contribution < -0.4 is 29.7 Å². The maximum absolute atomic E-state index is 13.6. The number of hydrogen-bond acceptors (Lipinski definition) is 9. The van der Waals surface area contributed by atoms with Crippen LogP contribution in [0.1, 0.15) is 38.8 Å². The van der Waals surface area contributed by atoms with Gasteiger partial charge in [0.05, 0.1) is 24.9 Å². The molecule has 0 saturated carbocycles. The Morgan fingerprint density at radius 2 is 1.83 bits per heavy atom. The lowest BCUT2D eigenvalue weighted by Crippen LogP contribution is -2.58. The van der Waals surface area contributed by atoms with Gasteiger partial charge in [-0.25, -0.2) is 14.8 Å². The van der Waals surface area contributed by atoms with E-state index in [1.165, 1.54) is 0 Å². The second-order valence-electron chi connectivity index (χ2n) is 12.0.